The lowest BCUT2D eigenvalue weighted by atomic mass is 9.75. The summed E-state index contributed by atoms with van der Waals surface area (Å²) >= 11 is 6.91. The molecule has 121 heavy (non-hydrogen) atoms. The minimum absolute atomic E-state index is 0.0338. The van der Waals surface area contributed by atoms with Crippen molar-refractivity contribution in [3.05, 3.63) is 148 Å². The van der Waals surface area contributed by atoms with Crippen molar-refractivity contribution in [1.82, 2.24) is 51.6 Å². The van der Waals surface area contributed by atoms with Crippen molar-refractivity contribution in [2.45, 2.75) is 222 Å². The number of hydrogen-bond donors (Lipinski definition) is 12. The van der Waals surface area contributed by atoms with Crippen LogP contribution in [0.3, 0.4) is 0 Å². The molecule has 2 unspecified atom stereocenters. The molecule has 5 aromatic rings. The number of benzene rings is 4. The Kier molecular flexibility index (Phi) is 35.3. The molecule has 16 atom stereocenters. The molecule has 660 valence electrons. The number of carbonyl (C=O) groups excluding carboxylic acids is 10. The van der Waals surface area contributed by atoms with Gasteiger partial charge in [-0.05, 0) is 118 Å². The van der Waals surface area contributed by atoms with Crippen LogP contribution in [0.2, 0.25) is 5.02 Å². The van der Waals surface area contributed by atoms with Crippen LogP contribution in [0.5, 0.6) is 11.5 Å². The first-order valence-corrected chi connectivity index (χ1v) is 44.2. The first-order chi connectivity index (χ1) is 57.7. The lowest BCUT2D eigenvalue weighted by Crippen LogP contribution is -2.68. The van der Waals surface area contributed by atoms with E-state index in [9.17, 15) is 49.2 Å². The molecule has 10 rings (SSSR count). The van der Waals surface area contributed by atoms with E-state index in [1.807, 2.05) is 44.2 Å². The number of halogens is 1. The van der Waals surface area contributed by atoms with Gasteiger partial charge in [-0.1, -0.05) is 158 Å². The third-order valence-corrected chi connectivity index (χ3v) is 25.9. The van der Waals surface area contributed by atoms with Gasteiger partial charge in [-0.2, -0.15) is 0 Å². The highest BCUT2D eigenvalue weighted by molar-refractivity contribution is 8.76. The fourth-order valence-electron chi connectivity index (χ4n) is 15.6. The SMILES string of the molecule is CCCCN(CCSSCCC(=O)N(C)[C@@H](C)C(=O)OC12CC(=O)N(C)c3cc(cc(OC)c3Cl)C/C(C)=C/C=C/[C@@H](OC)[C@@]3(O)C[C@H](OC(=O)N3)[C@@H](C)[C@H](O1)[C@@H]2C)C(=O)CC[C@H]1C(=O)N[C@@H](Cc2ccc(O)cc2)C(=O)N[C@H](Cc2c[nH]c3ccccc23)C(=O)N[C@@H](CCCCCN)C(=O)N[C@@H]([C@@H](C)O)C(O)N[C@@H](Cc2ccccc2)C(=O)N1C. The number of hydrogen-bond acceptors (Lipinski definition) is 23. The maximum absolute atomic E-state index is 15.6. The normalized spacial score (nSPS) is 26.7. The maximum atomic E-state index is 15.6. The third-order valence-electron chi connectivity index (χ3n) is 23.1. The number of phenols is 1. The van der Waals surface area contributed by atoms with Crippen molar-refractivity contribution < 1.29 is 92.1 Å². The van der Waals surface area contributed by atoms with Gasteiger partial charge in [-0.25, -0.2) is 9.59 Å². The Bertz CT molecular complexity index is 4470. The molecule has 0 saturated carbocycles. The molecule has 31 nitrogen and oxygen atoms in total. The molecule has 3 saturated heterocycles. The Hall–Kier alpha value is -9.29. The summed E-state index contributed by atoms with van der Waals surface area (Å²) in [6, 6.07) is 15.9. The quantitative estimate of drug-likeness (QED) is 0.0128. The second kappa shape index (κ2) is 44.7. The average molecular weight is 1740 g/mol. The van der Waals surface area contributed by atoms with Gasteiger partial charge in [0.15, 0.2) is 5.72 Å². The number of nitrogens with zero attached hydrogens (tertiary/aromatic N) is 4. The number of carbonyl (C=O) groups is 10. The minimum atomic E-state index is -1.93. The first-order valence-electron chi connectivity index (χ1n) is 41.3. The number of likely N-dealkylation sites (N-methyl/N-ethyl adjacent to an activating group) is 2. The number of alkyl carbamates (subject to hydrolysis) is 1. The number of fused-ring (bicyclic) bond motifs is 6. The van der Waals surface area contributed by atoms with Crippen molar-refractivity contribution in [2.75, 3.05) is 71.4 Å². The first kappa shape index (κ1) is 95.5. The van der Waals surface area contributed by atoms with Gasteiger partial charge in [-0.15, -0.1) is 0 Å². The van der Waals surface area contributed by atoms with Crippen LogP contribution >= 0.6 is 33.2 Å². The number of allylic oxidation sites excluding steroid dienone is 3. The number of esters is 1. The van der Waals surface area contributed by atoms with E-state index in [2.05, 4.69) is 36.9 Å². The molecule has 0 aliphatic carbocycles. The highest BCUT2D eigenvalue weighted by atomic mass is 35.5. The summed E-state index contributed by atoms with van der Waals surface area (Å²) in [6.45, 7) is 11.1. The third kappa shape index (κ3) is 25.2. The van der Waals surface area contributed by atoms with E-state index in [4.69, 9.17) is 41.0 Å². The summed E-state index contributed by atoms with van der Waals surface area (Å²) in [5.41, 5.74) is 8.31. The highest BCUT2D eigenvalue weighted by Crippen LogP contribution is 2.49. The second-order valence-electron chi connectivity index (χ2n) is 31.8. The van der Waals surface area contributed by atoms with Crippen molar-refractivity contribution in [3.63, 3.8) is 0 Å². The summed E-state index contributed by atoms with van der Waals surface area (Å²) in [5, 5.41) is 63.7. The number of unbranched alkanes of at least 4 members (excludes halogenated alkanes) is 3. The number of nitrogens with two attached hydrogens (primary N) is 1. The Morgan fingerprint density at radius 3 is 2.13 bits per heavy atom. The van der Waals surface area contributed by atoms with E-state index in [1.54, 1.807) is 91.7 Å². The van der Waals surface area contributed by atoms with Crippen LogP contribution in [0.1, 0.15) is 134 Å². The number of phenolic OH excluding ortho intramolecular Hbond substituents is 1. The molecule has 6 heterocycles. The van der Waals surface area contributed by atoms with Crippen molar-refractivity contribution >= 4 is 109 Å². The summed E-state index contributed by atoms with van der Waals surface area (Å²) in [5.74, 6) is -8.63. The van der Waals surface area contributed by atoms with Gasteiger partial charge in [0, 0.05) is 114 Å². The Morgan fingerprint density at radius 1 is 0.785 bits per heavy atom. The number of rotatable bonds is 30. The van der Waals surface area contributed by atoms with Gasteiger partial charge in [0.1, 0.15) is 65.2 Å². The number of aliphatic hydroxyl groups excluding tert-OH is 2. The summed E-state index contributed by atoms with van der Waals surface area (Å²) in [6.07, 6.45) is 1.62. The second-order valence-corrected chi connectivity index (χ2v) is 34.9. The predicted molar refractivity (Wildman–Crippen MR) is 461 cm³/mol. The van der Waals surface area contributed by atoms with E-state index in [0.29, 0.717) is 85.5 Å². The molecular formula is C87H119ClN12O19S2. The van der Waals surface area contributed by atoms with Gasteiger partial charge in [0.05, 0.1) is 43.5 Å². The van der Waals surface area contributed by atoms with Crippen molar-refractivity contribution in [2.24, 2.45) is 17.6 Å². The number of anilines is 1. The van der Waals surface area contributed by atoms with E-state index in [-0.39, 0.29) is 80.3 Å². The molecule has 6 bridgehead atoms. The standard InChI is InChI=1S/C87H119ClN12O19S2/c1-12-13-38-100(39-41-121-120-40-36-72(103)97(7)54(5)84(112)119-87-49-74(105)98(8)68-45-58(46-69(115-10)75(68)88)42-51(2)23-22-29-71(116-11)86(114)48-70(117-85(113)96-86)52(3)77(118-87)53(87)4)73(104)35-34-67-81(109)93-64(43-57-30-32-60(102)33-31-57)79(107)92-65(47-59-50-90-62-27-20-19-26-61(59)62)80(108)91-63(28-18-15-21-37-89)78(106)95-76(55(6)101)82(110)94-66(83(111)99(67)9)44-56-24-16-14-17-25-56/h14,16-17,19-20,22-27,29-33,45-46,50,52-55,63-67,70-71,76-77,82,90,94,101-102,110,114H,12-13,15,18,21,28,34-44,47-49,89H2,1-11H3,(H,91,108)(H,92,107)(H,93,109)(H,95,106)(H,96,113)/b29-22+,51-23+/t52-,53+,54+,55-,63+,64+,65-,66+,67+,70+,71-,76+,77+,82?,86+,87?/m1/s1. The van der Waals surface area contributed by atoms with Gasteiger partial charge >= 0.3 is 12.1 Å². The van der Waals surface area contributed by atoms with Crippen LogP contribution in [-0.4, -0.2) is 250 Å². The van der Waals surface area contributed by atoms with Crippen molar-refractivity contribution in [3.8, 4) is 11.5 Å². The number of aromatic nitrogens is 1. The number of aromatic amines is 1. The molecule has 5 aliphatic heterocycles. The van der Waals surface area contributed by atoms with E-state index in [0.717, 1.165) is 26.9 Å². The number of amides is 9. The smallest absolute Gasteiger partial charge is 0.409 e. The number of ether oxygens (including phenoxy) is 5. The number of para-hydroxylation sites is 1. The van der Waals surface area contributed by atoms with Crippen LogP contribution in [0.25, 0.3) is 10.9 Å². The van der Waals surface area contributed by atoms with E-state index in [1.165, 1.54) is 92.7 Å². The zero-order valence-corrected chi connectivity index (χ0v) is 73.1. The minimum Gasteiger partial charge on any atom is -0.508 e. The van der Waals surface area contributed by atoms with Gasteiger partial charge < -0.3 is 95.7 Å². The zero-order valence-electron chi connectivity index (χ0n) is 70.7. The topological polar surface area (TPSA) is 425 Å². The van der Waals surface area contributed by atoms with E-state index < -0.39 is 156 Å². The van der Waals surface area contributed by atoms with Crippen LogP contribution in [0.4, 0.5) is 10.5 Å². The highest BCUT2D eigenvalue weighted by Gasteiger charge is 2.62. The number of H-pyrrole nitrogens is 1. The fraction of sp³-hybridized carbons (Fsp3) is 0.540. The molecular weight excluding hydrogens is 1620 g/mol. The van der Waals surface area contributed by atoms with Crippen LogP contribution in [0.15, 0.2) is 121 Å². The molecule has 5 aliphatic rings. The molecule has 9 amide bonds. The van der Waals surface area contributed by atoms with Gasteiger partial charge in [-0.3, -0.25) is 49.0 Å². The molecule has 1 aromatic heterocycles. The summed E-state index contributed by atoms with van der Waals surface area (Å²) in [4.78, 5) is 156. The molecule has 3 fully saturated rings. The number of aromatic hydroxyl groups is 1. The predicted octanol–water partition coefficient (Wildman–Crippen LogP) is 6.77. The molecule has 13 N–H and O–H groups in total. The molecule has 34 heteroatoms. The summed E-state index contributed by atoms with van der Waals surface area (Å²) < 4.78 is 30.0. The number of aliphatic hydroxyl groups is 3. The average Bonchev–Trinajstić information content (AvgIpc) is 1.34. The summed E-state index contributed by atoms with van der Waals surface area (Å²) in [7, 11) is 9.98. The van der Waals surface area contributed by atoms with Gasteiger partial charge in [0.25, 0.3) is 0 Å². The lowest BCUT2D eigenvalue weighted by Gasteiger charge is -2.55. The fourth-order valence-corrected chi connectivity index (χ4v) is 17.9. The Labute approximate surface area is 719 Å². The van der Waals surface area contributed by atoms with Crippen LogP contribution in [0, 0.1) is 11.8 Å². The molecule has 4 aromatic carbocycles. The molecule has 0 spiro atoms. The number of methoxy groups -OCH3 is 2. The van der Waals surface area contributed by atoms with Crippen LogP contribution < -0.4 is 47.3 Å². The van der Waals surface area contributed by atoms with Gasteiger partial charge in [0.2, 0.25) is 53.0 Å². The number of nitrogens with one attached hydrogen (secondary N) is 7. The van der Waals surface area contributed by atoms with Crippen molar-refractivity contribution in [1.29, 1.82) is 0 Å². The van der Waals surface area contributed by atoms with E-state index >= 15 is 19.2 Å². The Balaban J connectivity index is 0.909. The largest absolute Gasteiger partial charge is 0.508 e. The Morgan fingerprint density at radius 2 is 1.45 bits per heavy atom. The zero-order chi connectivity index (χ0) is 88.0. The maximum Gasteiger partial charge on any atom is 0.409 e. The monoisotopic (exact) mass is 1730 g/mol. The lowest BCUT2D eigenvalue weighted by molar-refractivity contribution is -0.377. The van der Waals surface area contributed by atoms with Crippen LogP contribution in [-0.2, 0) is 87.8 Å². The molecule has 0 radical (unpaired) electrons.